The van der Waals surface area contributed by atoms with Crippen LogP contribution in [-0.2, 0) is 14.3 Å². The van der Waals surface area contributed by atoms with Crippen molar-refractivity contribution >= 4 is 23.3 Å². The SMILES string of the molecule is Cc1ccc(OCC(=O)O[C@H](C)C(=O)Nc2ccccc2[N+](=O)[O-])cc1C. The molecule has 0 saturated heterocycles. The van der Waals surface area contributed by atoms with Crippen molar-refractivity contribution in [2.45, 2.75) is 26.9 Å². The van der Waals surface area contributed by atoms with Crippen LogP contribution in [0.4, 0.5) is 11.4 Å². The minimum Gasteiger partial charge on any atom is -0.482 e. The number of ether oxygens (including phenoxy) is 2. The molecule has 142 valence electrons. The number of rotatable bonds is 7. The molecule has 1 atom stereocenters. The molecule has 1 amide bonds. The molecule has 2 rings (SSSR count). The summed E-state index contributed by atoms with van der Waals surface area (Å²) in [4.78, 5) is 34.4. The molecule has 0 radical (unpaired) electrons. The Balaban J connectivity index is 1.89. The van der Waals surface area contributed by atoms with Gasteiger partial charge < -0.3 is 14.8 Å². The minimum absolute atomic E-state index is 0.0294. The summed E-state index contributed by atoms with van der Waals surface area (Å²) in [5.41, 5.74) is 1.91. The zero-order valence-corrected chi connectivity index (χ0v) is 15.2. The zero-order valence-electron chi connectivity index (χ0n) is 15.2. The van der Waals surface area contributed by atoms with Crippen LogP contribution < -0.4 is 10.1 Å². The van der Waals surface area contributed by atoms with Crippen molar-refractivity contribution in [3.05, 3.63) is 63.7 Å². The molecule has 0 bridgehead atoms. The van der Waals surface area contributed by atoms with Crippen LogP contribution in [0.1, 0.15) is 18.1 Å². The first kappa shape index (κ1) is 19.9. The number of hydrogen-bond acceptors (Lipinski definition) is 6. The van der Waals surface area contributed by atoms with E-state index in [9.17, 15) is 19.7 Å². The van der Waals surface area contributed by atoms with E-state index in [0.29, 0.717) is 5.75 Å². The summed E-state index contributed by atoms with van der Waals surface area (Å²) in [5, 5.41) is 13.4. The van der Waals surface area contributed by atoms with Gasteiger partial charge >= 0.3 is 5.97 Å². The Kier molecular flexibility index (Phi) is 6.48. The fourth-order valence-electron chi connectivity index (χ4n) is 2.20. The average Bonchev–Trinajstić information content (AvgIpc) is 2.63. The van der Waals surface area contributed by atoms with Gasteiger partial charge in [0.2, 0.25) is 0 Å². The maximum Gasteiger partial charge on any atom is 0.344 e. The molecule has 0 spiro atoms. The van der Waals surface area contributed by atoms with Crippen molar-refractivity contribution in [1.29, 1.82) is 0 Å². The third kappa shape index (κ3) is 5.53. The summed E-state index contributed by atoms with van der Waals surface area (Å²) >= 11 is 0. The van der Waals surface area contributed by atoms with Crippen LogP contribution in [0.3, 0.4) is 0 Å². The molecule has 0 aromatic heterocycles. The van der Waals surface area contributed by atoms with Gasteiger partial charge in [0, 0.05) is 6.07 Å². The van der Waals surface area contributed by atoms with Crippen molar-refractivity contribution in [2.75, 3.05) is 11.9 Å². The molecule has 1 N–H and O–H groups in total. The van der Waals surface area contributed by atoms with Gasteiger partial charge in [0.05, 0.1) is 4.92 Å². The van der Waals surface area contributed by atoms with E-state index >= 15 is 0 Å². The van der Waals surface area contributed by atoms with Crippen molar-refractivity contribution in [3.8, 4) is 5.75 Å². The first-order valence-corrected chi connectivity index (χ1v) is 8.21. The molecule has 0 aliphatic rings. The summed E-state index contributed by atoms with van der Waals surface area (Å²) < 4.78 is 10.4. The Hall–Kier alpha value is -3.42. The Morgan fingerprint density at radius 3 is 2.52 bits per heavy atom. The number of esters is 1. The predicted octanol–water partition coefficient (Wildman–Crippen LogP) is 3.16. The van der Waals surface area contributed by atoms with E-state index in [-0.39, 0.29) is 18.0 Å². The highest BCUT2D eigenvalue weighted by Gasteiger charge is 2.21. The third-order valence-electron chi connectivity index (χ3n) is 3.87. The van der Waals surface area contributed by atoms with Gasteiger partial charge in [-0.15, -0.1) is 0 Å². The molecule has 0 fully saturated rings. The number of amides is 1. The van der Waals surface area contributed by atoms with Gasteiger partial charge in [0.25, 0.3) is 11.6 Å². The third-order valence-corrected chi connectivity index (χ3v) is 3.87. The Morgan fingerprint density at radius 1 is 1.15 bits per heavy atom. The summed E-state index contributed by atoms with van der Waals surface area (Å²) in [5.74, 6) is -0.880. The number of hydrogen-bond donors (Lipinski definition) is 1. The second-order valence-corrected chi connectivity index (χ2v) is 5.93. The first-order valence-electron chi connectivity index (χ1n) is 8.21. The molecular weight excluding hydrogens is 352 g/mol. The quantitative estimate of drug-likeness (QED) is 0.454. The summed E-state index contributed by atoms with van der Waals surface area (Å²) in [6, 6.07) is 11.1. The van der Waals surface area contributed by atoms with E-state index in [1.54, 1.807) is 18.2 Å². The monoisotopic (exact) mass is 372 g/mol. The van der Waals surface area contributed by atoms with Crippen molar-refractivity contribution < 1.29 is 24.0 Å². The first-order chi connectivity index (χ1) is 12.8. The van der Waals surface area contributed by atoms with Crippen LogP contribution in [0.5, 0.6) is 5.75 Å². The smallest absolute Gasteiger partial charge is 0.344 e. The molecule has 27 heavy (non-hydrogen) atoms. The molecule has 2 aromatic carbocycles. The topological polar surface area (TPSA) is 108 Å². The molecule has 2 aromatic rings. The van der Waals surface area contributed by atoms with E-state index in [0.717, 1.165) is 11.1 Å². The molecule has 0 aliphatic heterocycles. The number of carbonyl (C=O) groups excluding carboxylic acids is 2. The van der Waals surface area contributed by atoms with E-state index < -0.39 is 22.9 Å². The van der Waals surface area contributed by atoms with Crippen molar-refractivity contribution in [3.63, 3.8) is 0 Å². The number of benzene rings is 2. The van der Waals surface area contributed by atoms with E-state index in [1.807, 2.05) is 19.9 Å². The molecule has 0 saturated carbocycles. The van der Waals surface area contributed by atoms with Gasteiger partial charge in [-0.25, -0.2) is 4.79 Å². The van der Waals surface area contributed by atoms with Gasteiger partial charge in [0.15, 0.2) is 12.7 Å². The Bertz CT molecular complexity index is 865. The average molecular weight is 372 g/mol. The second kappa shape index (κ2) is 8.79. The standard InChI is InChI=1S/C19H20N2O6/c1-12-8-9-15(10-13(12)2)26-11-18(22)27-14(3)19(23)20-16-6-4-5-7-17(16)21(24)25/h4-10,14H,11H2,1-3H3,(H,20,23)/t14-/m1/s1. The number of para-hydroxylation sites is 2. The van der Waals surface area contributed by atoms with Crippen molar-refractivity contribution in [1.82, 2.24) is 0 Å². The fourth-order valence-corrected chi connectivity index (χ4v) is 2.20. The van der Waals surface area contributed by atoms with Gasteiger partial charge in [-0.05, 0) is 50.1 Å². The molecule has 8 heteroatoms. The number of nitrogens with zero attached hydrogens (tertiary/aromatic N) is 1. The van der Waals surface area contributed by atoms with Crippen LogP contribution in [-0.4, -0.2) is 29.5 Å². The van der Waals surface area contributed by atoms with Crippen molar-refractivity contribution in [2.24, 2.45) is 0 Å². The lowest BCUT2D eigenvalue weighted by molar-refractivity contribution is -0.383. The van der Waals surface area contributed by atoms with Gasteiger partial charge in [-0.2, -0.15) is 0 Å². The highest BCUT2D eigenvalue weighted by molar-refractivity contribution is 5.96. The summed E-state index contributed by atoms with van der Waals surface area (Å²) in [6.45, 7) is 4.91. The molecule has 0 unspecified atom stereocenters. The van der Waals surface area contributed by atoms with Crippen LogP contribution in [0, 0.1) is 24.0 Å². The molecule has 8 nitrogen and oxygen atoms in total. The highest BCUT2D eigenvalue weighted by Crippen LogP contribution is 2.23. The lowest BCUT2D eigenvalue weighted by atomic mass is 10.1. The summed E-state index contributed by atoms with van der Waals surface area (Å²) in [7, 11) is 0. The van der Waals surface area contributed by atoms with Crippen LogP contribution in [0.2, 0.25) is 0 Å². The van der Waals surface area contributed by atoms with E-state index in [2.05, 4.69) is 5.32 Å². The molecule has 0 heterocycles. The van der Waals surface area contributed by atoms with Gasteiger partial charge in [0.1, 0.15) is 11.4 Å². The number of aryl methyl sites for hydroxylation is 2. The largest absolute Gasteiger partial charge is 0.482 e. The number of nitrogens with one attached hydrogen (secondary N) is 1. The van der Waals surface area contributed by atoms with Gasteiger partial charge in [-0.3, -0.25) is 14.9 Å². The fraction of sp³-hybridized carbons (Fsp3) is 0.263. The number of anilines is 1. The highest BCUT2D eigenvalue weighted by atomic mass is 16.6. The van der Waals surface area contributed by atoms with Crippen LogP contribution >= 0.6 is 0 Å². The Morgan fingerprint density at radius 2 is 1.85 bits per heavy atom. The lowest BCUT2D eigenvalue weighted by Gasteiger charge is -2.14. The maximum absolute atomic E-state index is 12.1. The van der Waals surface area contributed by atoms with Crippen LogP contribution in [0.25, 0.3) is 0 Å². The van der Waals surface area contributed by atoms with E-state index in [4.69, 9.17) is 9.47 Å². The molecular formula is C19H20N2O6. The maximum atomic E-state index is 12.1. The predicted molar refractivity (Wildman–Crippen MR) is 98.7 cm³/mol. The van der Waals surface area contributed by atoms with E-state index in [1.165, 1.54) is 25.1 Å². The summed E-state index contributed by atoms with van der Waals surface area (Å²) in [6.07, 6.45) is -1.14. The number of carbonyl (C=O) groups is 2. The normalized spacial score (nSPS) is 11.4. The van der Waals surface area contributed by atoms with Gasteiger partial charge in [-0.1, -0.05) is 18.2 Å². The minimum atomic E-state index is -1.14. The van der Waals surface area contributed by atoms with Crippen LogP contribution in [0.15, 0.2) is 42.5 Å². The number of nitro benzene ring substituents is 1. The second-order valence-electron chi connectivity index (χ2n) is 5.93. The zero-order chi connectivity index (χ0) is 20.0. The molecule has 0 aliphatic carbocycles. The number of nitro groups is 1. The lowest BCUT2D eigenvalue weighted by Crippen LogP contribution is -2.31. The Labute approximate surface area is 156 Å².